The number of carboxylic acids is 1. The van der Waals surface area contributed by atoms with E-state index in [2.05, 4.69) is 10.2 Å². The number of nitrogens with one attached hydrogen (secondary N) is 1. The van der Waals surface area contributed by atoms with Gasteiger partial charge < -0.3 is 20.1 Å². The molecule has 2 fully saturated rings. The number of carboxylic acid groups (broad SMARTS) is 1. The number of aliphatic carboxylic acids is 1. The Morgan fingerprint density at radius 3 is 2.50 bits per heavy atom. The molecule has 24 heavy (non-hydrogen) atoms. The number of piperidine rings is 1. The highest BCUT2D eigenvalue weighted by Gasteiger charge is 2.24. The van der Waals surface area contributed by atoms with Crippen LogP contribution in [0.4, 0.5) is 0 Å². The number of likely N-dealkylation sites (tertiary alicyclic amines) is 1. The van der Waals surface area contributed by atoms with Crippen molar-refractivity contribution in [2.24, 2.45) is 5.92 Å². The lowest BCUT2D eigenvalue weighted by molar-refractivity contribution is -0.143. The molecule has 0 atom stereocenters. The number of amides is 1. The van der Waals surface area contributed by atoms with Crippen LogP contribution < -0.4 is 5.32 Å². The van der Waals surface area contributed by atoms with E-state index < -0.39 is 5.97 Å². The molecule has 0 radical (unpaired) electrons. The van der Waals surface area contributed by atoms with Crippen molar-refractivity contribution in [1.82, 2.24) is 15.1 Å². The molecule has 2 aliphatic heterocycles. The van der Waals surface area contributed by atoms with Gasteiger partial charge in [-0.05, 0) is 12.8 Å². The van der Waals surface area contributed by atoms with Gasteiger partial charge in [0.1, 0.15) is 11.6 Å². The molecule has 0 aromatic carbocycles. The number of carbonyl (C=O) groups excluding carboxylic acids is 1. The highest BCUT2D eigenvalue weighted by molar-refractivity contribution is 5.97. The topological polar surface area (TPSA) is 106 Å². The molecule has 0 aromatic heterocycles. The molecule has 8 nitrogen and oxygen atoms in total. The Morgan fingerprint density at radius 1 is 1.25 bits per heavy atom. The van der Waals surface area contributed by atoms with Crippen LogP contribution in [0.3, 0.4) is 0 Å². The number of nitrogens with zero attached hydrogens (tertiary/aromatic N) is 3. The van der Waals surface area contributed by atoms with Crippen LogP contribution in [0.1, 0.15) is 12.8 Å². The summed E-state index contributed by atoms with van der Waals surface area (Å²) >= 11 is 0. The summed E-state index contributed by atoms with van der Waals surface area (Å²) in [5.41, 5.74) is 0.0609. The summed E-state index contributed by atoms with van der Waals surface area (Å²) in [6.07, 6.45) is 2.61. The van der Waals surface area contributed by atoms with Crippen LogP contribution in [-0.4, -0.2) is 79.3 Å². The summed E-state index contributed by atoms with van der Waals surface area (Å²) < 4.78 is 5.27. The standard InChI is InChI=1S/C16H24N4O4/c17-11-14(12-20-4-1-13(2-5-20)16(22)23)15(21)18-3-6-19-7-9-24-10-8-19/h12-13H,1-10H2,(H,18,21)(H,22,23)/b14-12-. The van der Waals surface area contributed by atoms with Gasteiger partial charge in [0.2, 0.25) is 0 Å². The summed E-state index contributed by atoms with van der Waals surface area (Å²) in [5.74, 6) is -1.49. The molecule has 2 N–H and O–H groups in total. The fourth-order valence-corrected chi connectivity index (χ4v) is 2.84. The van der Waals surface area contributed by atoms with Gasteiger partial charge in [-0.3, -0.25) is 14.5 Å². The first kappa shape index (κ1) is 18.2. The molecule has 2 rings (SSSR count). The maximum Gasteiger partial charge on any atom is 0.306 e. The quantitative estimate of drug-likeness (QED) is 0.504. The van der Waals surface area contributed by atoms with Crippen molar-refractivity contribution < 1.29 is 19.4 Å². The van der Waals surface area contributed by atoms with Crippen LogP contribution in [0.15, 0.2) is 11.8 Å². The Hall–Kier alpha value is -2.11. The number of hydrogen-bond acceptors (Lipinski definition) is 6. The minimum Gasteiger partial charge on any atom is -0.481 e. The van der Waals surface area contributed by atoms with Crippen molar-refractivity contribution in [2.45, 2.75) is 12.8 Å². The highest BCUT2D eigenvalue weighted by Crippen LogP contribution is 2.18. The van der Waals surface area contributed by atoms with Crippen molar-refractivity contribution in [3.8, 4) is 6.07 Å². The Kier molecular flexibility index (Phi) is 7.03. The third-order valence-electron chi connectivity index (χ3n) is 4.37. The van der Waals surface area contributed by atoms with Gasteiger partial charge in [-0.1, -0.05) is 0 Å². The molecule has 2 aliphatic rings. The van der Waals surface area contributed by atoms with E-state index >= 15 is 0 Å². The number of hydrogen-bond donors (Lipinski definition) is 2. The second kappa shape index (κ2) is 9.25. The smallest absolute Gasteiger partial charge is 0.306 e. The van der Waals surface area contributed by atoms with E-state index in [9.17, 15) is 14.9 Å². The van der Waals surface area contributed by atoms with Gasteiger partial charge in [-0.2, -0.15) is 5.26 Å². The number of rotatable bonds is 6. The number of ether oxygens (including phenoxy) is 1. The molecule has 0 aliphatic carbocycles. The van der Waals surface area contributed by atoms with Gasteiger partial charge in [0.15, 0.2) is 0 Å². The lowest BCUT2D eigenvalue weighted by Crippen LogP contribution is -2.41. The molecule has 2 saturated heterocycles. The maximum atomic E-state index is 12.1. The van der Waals surface area contributed by atoms with Crippen molar-refractivity contribution in [1.29, 1.82) is 5.26 Å². The van der Waals surface area contributed by atoms with E-state index in [1.165, 1.54) is 0 Å². The summed E-state index contributed by atoms with van der Waals surface area (Å²) in [6, 6.07) is 1.93. The molecule has 2 heterocycles. The molecule has 132 valence electrons. The fourth-order valence-electron chi connectivity index (χ4n) is 2.84. The van der Waals surface area contributed by atoms with Crippen LogP contribution >= 0.6 is 0 Å². The van der Waals surface area contributed by atoms with E-state index in [1.54, 1.807) is 6.20 Å². The van der Waals surface area contributed by atoms with E-state index in [1.807, 2.05) is 11.0 Å². The molecule has 0 bridgehead atoms. The minimum absolute atomic E-state index is 0.0609. The molecular weight excluding hydrogens is 312 g/mol. The van der Waals surface area contributed by atoms with Gasteiger partial charge in [0, 0.05) is 45.5 Å². The molecule has 0 spiro atoms. The van der Waals surface area contributed by atoms with Crippen LogP contribution in [-0.2, 0) is 14.3 Å². The van der Waals surface area contributed by atoms with Crippen LogP contribution in [0.5, 0.6) is 0 Å². The van der Waals surface area contributed by atoms with Crippen LogP contribution in [0, 0.1) is 17.2 Å². The monoisotopic (exact) mass is 336 g/mol. The zero-order valence-electron chi connectivity index (χ0n) is 13.7. The molecule has 0 saturated carbocycles. The van der Waals surface area contributed by atoms with Crippen molar-refractivity contribution in [2.75, 3.05) is 52.5 Å². The summed E-state index contributed by atoms with van der Waals surface area (Å²) in [4.78, 5) is 27.1. The van der Waals surface area contributed by atoms with Gasteiger partial charge in [0.05, 0.1) is 19.1 Å². The molecule has 8 heteroatoms. The SMILES string of the molecule is N#C/C(=C/N1CCC(C(=O)O)CC1)C(=O)NCCN1CCOCC1. The van der Waals surface area contributed by atoms with E-state index in [0.29, 0.717) is 45.7 Å². The minimum atomic E-state index is -0.778. The second-order valence-electron chi connectivity index (χ2n) is 6.01. The second-order valence-corrected chi connectivity index (χ2v) is 6.01. The van der Waals surface area contributed by atoms with E-state index in [-0.39, 0.29) is 17.4 Å². The summed E-state index contributed by atoms with van der Waals surface area (Å²) in [7, 11) is 0. The average molecular weight is 336 g/mol. The van der Waals surface area contributed by atoms with Gasteiger partial charge >= 0.3 is 5.97 Å². The first-order valence-corrected chi connectivity index (χ1v) is 8.27. The van der Waals surface area contributed by atoms with E-state index in [0.717, 1.165) is 19.6 Å². The Labute approximate surface area is 141 Å². The number of carbonyl (C=O) groups is 2. The Morgan fingerprint density at radius 2 is 1.92 bits per heavy atom. The van der Waals surface area contributed by atoms with Gasteiger partial charge in [-0.15, -0.1) is 0 Å². The van der Waals surface area contributed by atoms with Crippen LogP contribution in [0.25, 0.3) is 0 Å². The highest BCUT2D eigenvalue weighted by atomic mass is 16.5. The number of morpholine rings is 1. The average Bonchev–Trinajstić information content (AvgIpc) is 2.60. The molecule has 0 aromatic rings. The normalized spacial score (nSPS) is 20.5. The molecule has 0 unspecified atom stereocenters. The largest absolute Gasteiger partial charge is 0.481 e. The zero-order chi connectivity index (χ0) is 17.4. The lowest BCUT2D eigenvalue weighted by atomic mass is 9.97. The van der Waals surface area contributed by atoms with E-state index in [4.69, 9.17) is 9.84 Å². The number of nitriles is 1. The molecule has 1 amide bonds. The summed E-state index contributed by atoms with van der Waals surface area (Å²) in [5, 5.41) is 20.9. The van der Waals surface area contributed by atoms with Crippen LogP contribution in [0.2, 0.25) is 0 Å². The zero-order valence-corrected chi connectivity index (χ0v) is 13.7. The lowest BCUT2D eigenvalue weighted by Gasteiger charge is -2.29. The third-order valence-corrected chi connectivity index (χ3v) is 4.37. The maximum absolute atomic E-state index is 12.1. The predicted molar refractivity (Wildman–Crippen MR) is 85.9 cm³/mol. The van der Waals surface area contributed by atoms with Crippen molar-refractivity contribution >= 4 is 11.9 Å². The van der Waals surface area contributed by atoms with Gasteiger partial charge in [-0.25, -0.2) is 0 Å². The van der Waals surface area contributed by atoms with Crippen molar-refractivity contribution in [3.63, 3.8) is 0 Å². The van der Waals surface area contributed by atoms with Gasteiger partial charge in [0.25, 0.3) is 5.91 Å². The van der Waals surface area contributed by atoms with Crippen molar-refractivity contribution in [3.05, 3.63) is 11.8 Å². The summed E-state index contributed by atoms with van der Waals surface area (Å²) in [6.45, 7) is 5.45. The Balaban J connectivity index is 1.76. The first-order chi connectivity index (χ1) is 11.6. The fraction of sp³-hybridized carbons (Fsp3) is 0.688. The molecular formula is C16H24N4O4. The third kappa shape index (κ3) is 5.51. The Bertz CT molecular complexity index is 515. The predicted octanol–water partition coefficient (Wildman–Crippen LogP) is -0.361. The first-order valence-electron chi connectivity index (χ1n) is 8.27.